The summed E-state index contributed by atoms with van der Waals surface area (Å²) in [6, 6.07) is 6.46. The number of rotatable bonds is 5. The number of halogens is 1. The maximum Gasteiger partial charge on any atom is 0.307 e. The van der Waals surface area contributed by atoms with Gasteiger partial charge in [-0.05, 0) is 17.7 Å². The molecule has 0 aliphatic carbocycles. The van der Waals surface area contributed by atoms with Crippen molar-refractivity contribution >= 4 is 31.9 Å². The number of carbonyl (C=O) groups is 1. The fourth-order valence-corrected chi connectivity index (χ4v) is 2.61. The summed E-state index contributed by atoms with van der Waals surface area (Å²) in [5.74, 6) is -0.476. The highest BCUT2D eigenvalue weighted by atomic mass is 79.9. The summed E-state index contributed by atoms with van der Waals surface area (Å²) in [7, 11) is -2.15. The van der Waals surface area contributed by atoms with E-state index in [4.69, 9.17) is 0 Å². The number of methoxy groups -OCH3 is 1. The van der Waals surface area contributed by atoms with E-state index in [0.29, 0.717) is 5.56 Å². The number of benzene rings is 1. The molecule has 1 atom stereocenters. The Bertz CT molecular complexity index is 530. The first-order valence-electron chi connectivity index (χ1n) is 5.11. The van der Waals surface area contributed by atoms with Crippen molar-refractivity contribution in [2.75, 3.05) is 13.4 Å². The van der Waals surface area contributed by atoms with Gasteiger partial charge in [0.1, 0.15) is 0 Å². The zero-order valence-electron chi connectivity index (χ0n) is 10.0. The molecule has 0 aromatic heterocycles. The van der Waals surface area contributed by atoms with Crippen molar-refractivity contribution in [3.05, 3.63) is 34.3 Å². The number of sulfonamides is 1. The number of nitrogens with one attached hydrogen (secondary N) is 1. The molecule has 0 heterocycles. The first-order valence-corrected chi connectivity index (χ1v) is 7.80. The van der Waals surface area contributed by atoms with Crippen LogP contribution in [0.15, 0.2) is 28.7 Å². The molecule has 0 fully saturated rings. The Hall–Kier alpha value is -0.920. The molecule has 0 bridgehead atoms. The lowest BCUT2D eigenvalue weighted by molar-refractivity contribution is -0.141. The lowest BCUT2D eigenvalue weighted by Gasteiger charge is -2.17. The Morgan fingerprint density at radius 3 is 2.67 bits per heavy atom. The van der Waals surface area contributed by atoms with Gasteiger partial charge >= 0.3 is 5.97 Å². The molecule has 0 spiro atoms. The molecule has 0 amide bonds. The van der Waals surface area contributed by atoms with E-state index in [2.05, 4.69) is 25.4 Å². The largest absolute Gasteiger partial charge is 0.469 e. The minimum atomic E-state index is -3.41. The highest BCUT2D eigenvalue weighted by Crippen LogP contribution is 2.21. The van der Waals surface area contributed by atoms with Crippen LogP contribution in [-0.4, -0.2) is 27.8 Å². The molecule has 5 nitrogen and oxygen atoms in total. The van der Waals surface area contributed by atoms with Crippen LogP contribution in [0.25, 0.3) is 0 Å². The van der Waals surface area contributed by atoms with E-state index in [9.17, 15) is 13.2 Å². The normalized spacial score (nSPS) is 13.1. The summed E-state index contributed by atoms with van der Waals surface area (Å²) in [5.41, 5.74) is 0.695. The molecule has 7 heteroatoms. The number of carbonyl (C=O) groups excluding carboxylic acids is 1. The minimum Gasteiger partial charge on any atom is -0.469 e. The molecule has 0 radical (unpaired) electrons. The molecule has 18 heavy (non-hydrogen) atoms. The van der Waals surface area contributed by atoms with E-state index >= 15 is 0 Å². The van der Waals surface area contributed by atoms with Crippen molar-refractivity contribution in [1.82, 2.24) is 4.72 Å². The molecular formula is C11H14BrNO4S. The van der Waals surface area contributed by atoms with Gasteiger partial charge < -0.3 is 4.74 Å². The van der Waals surface area contributed by atoms with Crippen LogP contribution >= 0.6 is 15.9 Å². The predicted molar refractivity (Wildman–Crippen MR) is 71.5 cm³/mol. The Morgan fingerprint density at radius 2 is 2.17 bits per heavy atom. The van der Waals surface area contributed by atoms with Crippen LogP contribution < -0.4 is 4.72 Å². The number of ether oxygens (including phenoxy) is 1. The minimum absolute atomic E-state index is 0.0555. The number of esters is 1. The Balaban J connectivity index is 3.00. The Labute approximate surface area is 115 Å². The summed E-state index contributed by atoms with van der Waals surface area (Å²) in [6.07, 6.45) is 0.995. The maximum absolute atomic E-state index is 11.3. The second-order valence-corrected chi connectivity index (χ2v) is 6.47. The molecule has 1 N–H and O–H groups in total. The molecule has 0 aliphatic heterocycles. The van der Waals surface area contributed by atoms with Crippen LogP contribution in [0.1, 0.15) is 18.0 Å². The van der Waals surface area contributed by atoms with Gasteiger partial charge in [-0.3, -0.25) is 4.79 Å². The van der Waals surface area contributed by atoms with Crippen molar-refractivity contribution in [2.45, 2.75) is 12.5 Å². The van der Waals surface area contributed by atoms with E-state index in [1.165, 1.54) is 7.11 Å². The smallest absolute Gasteiger partial charge is 0.307 e. The van der Waals surface area contributed by atoms with Gasteiger partial charge in [-0.15, -0.1) is 0 Å². The van der Waals surface area contributed by atoms with Crippen molar-refractivity contribution in [3.63, 3.8) is 0 Å². The van der Waals surface area contributed by atoms with E-state index < -0.39 is 22.0 Å². The SMILES string of the molecule is COC(=O)CC(NS(C)(=O)=O)c1cccc(Br)c1. The molecule has 1 aromatic carbocycles. The Morgan fingerprint density at radius 1 is 1.50 bits per heavy atom. The molecular weight excluding hydrogens is 322 g/mol. The van der Waals surface area contributed by atoms with Gasteiger partial charge in [0.15, 0.2) is 0 Å². The molecule has 1 rings (SSSR count). The molecule has 0 saturated heterocycles. The van der Waals surface area contributed by atoms with Crippen LogP contribution in [0.4, 0.5) is 0 Å². The zero-order chi connectivity index (χ0) is 13.8. The summed E-state index contributed by atoms with van der Waals surface area (Å²) in [5, 5.41) is 0. The van der Waals surface area contributed by atoms with Crippen LogP contribution in [0.2, 0.25) is 0 Å². The molecule has 0 aliphatic rings. The topological polar surface area (TPSA) is 72.5 Å². The second-order valence-electron chi connectivity index (χ2n) is 3.78. The Kier molecular flexibility index (Phi) is 5.30. The fraction of sp³-hybridized carbons (Fsp3) is 0.364. The predicted octanol–water partition coefficient (Wildman–Crippen LogP) is 1.60. The first kappa shape index (κ1) is 15.1. The lowest BCUT2D eigenvalue weighted by Crippen LogP contribution is -2.29. The summed E-state index contributed by atoms with van der Waals surface area (Å²) in [4.78, 5) is 11.3. The molecule has 1 aromatic rings. The van der Waals surface area contributed by atoms with Crippen LogP contribution in [0, 0.1) is 0 Å². The molecule has 1 unspecified atom stereocenters. The van der Waals surface area contributed by atoms with Gasteiger partial charge in [0.25, 0.3) is 0 Å². The average Bonchev–Trinajstić information content (AvgIpc) is 2.26. The average molecular weight is 336 g/mol. The van der Waals surface area contributed by atoms with Crippen molar-refractivity contribution in [2.24, 2.45) is 0 Å². The van der Waals surface area contributed by atoms with Crippen molar-refractivity contribution < 1.29 is 17.9 Å². The van der Waals surface area contributed by atoms with Gasteiger partial charge in [-0.25, -0.2) is 13.1 Å². The van der Waals surface area contributed by atoms with Crippen molar-refractivity contribution in [3.8, 4) is 0 Å². The van der Waals surface area contributed by atoms with Crippen molar-refractivity contribution in [1.29, 1.82) is 0 Å². The van der Waals surface area contributed by atoms with Crippen LogP contribution in [0.3, 0.4) is 0 Å². The third-order valence-corrected chi connectivity index (χ3v) is 3.41. The fourth-order valence-electron chi connectivity index (χ4n) is 1.46. The van der Waals surface area contributed by atoms with Gasteiger partial charge in [0.05, 0.1) is 25.8 Å². The lowest BCUT2D eigenvalue weighted by atomic mass is 10.1. The monoisotopic (exact) mass is 335 g/mol. The molecule has 100 valence electrons. The van der Waals surface area contributed by atoms with E-state index in [1.54, 1.807) is 18.2 Å². The van der Waals surface area contributed by atoms with Crippen LogP contribution in [-0.2, 0) is 19.6 Å². The first-order chi connectivity index (χ1) is 8.31. The van der Waals surface area contributed by atoms with Gasteiger partial charge in [0.2, 0.25) is 10.0 Å². The van der Waals surface area contributed by atoms with E-state index in [-0.39, 0.29) is 6.42 Å². The van der Waals surface area contributed by atoms with Gasteiger partial charge in [-0.2, -0.15) is 0 Å². The maximum atomic E-state index is 11.3. The number of hydrogen-bond acceptors (Lipinski definition) is 4. The third-order valence-electron chi connectivity index (χ3n) is 2.21. The number of hydrogen-bond donors (Lipinski definition) is 1. The second kappa shape index (κ2) is 6.31. The van der Waals surface area contributed by atoms with E-state index in [1.807, 2.05) is 6.07 Å². The summed E-state index contributed by atoms with van der Waals surface area (Å²) in [6.45, 7) is 0. The summed E-state index contributed by atoms with van der Waals surface area (Å²) < 4.78 is 30.4. The third kappa shape index (κ3) is 5.16. The zero-order valence-corrected chi connectivity index (χ0v) is 12.4. The molecule has 0 saturated carbocycles. The summed E-state index contributed by atoms with van der Waals surface area (Å²) >= 11 is 3.30. The van der Waals surface area contributed by atoms with Gasteiger partial charge in [-0.1, -0.05) is 28.1 Å². The standard InChI is InChI=1S/C11H14BrNO4S/c1-17-11(14)7-10(13-18(2,15)16)8-4-3-5-9(12)6-8/h3-6,10,13H,7H2,1-2H3. The quantitative estimate of drug-likeness (QED) is 0.829. The highest BCUT2D eigenvalue weighted by molar-refractivity contribution is 9.10. The van der Waals surface area contributed by atoms with E-state index in [0.717, 1.165) is 10.7 Å². The highest BCUT2D eigenvalue weighted by Gasteiger charge is 2.20. The van der Waals surface area contributed by atoms with Gasteiger partial charge in [0, 0.05) is 4.47 Å². The van der Waals surface area contributed by atoms with Crippen LogP contribution in [0.5, 0.6) is 0 Å².